The summed E-state index contributed by atoms with van der Waals surface area (Å²) >= 11 is 10.7. The number of amides is 3. The van der Waals surface area contributed by atoms with Crippen molar-refractivity contribution in [2.45, 2.75) is 69.1 Å². The molecule has 2 aliphatic rings. The van der Waals surface area contributed by atoms with Crippen LogP contribution in [-0.4, -0.2) is 68.2 Å². The fraction of sp³-hybridized carbons (Fsp3) is 0.531. The molecule has 44 heavy (non-hydrogen) atoms. The molecule has 0 spiro atoms. The zero-order valence-electron chi connectivity index (χ0n) is 25.0. The summed E-state index contributed by atoms with van der Waals surface area (Å²) in [6.45, 7) is 1.49. The lowest BCUT2D eigenvalue weighted by Gasteiger charge is -2.33. The van der Waals surface area contributed by atoms with Crippen molar-refractivity contribution in [3.05, 3.63) is 70.7 Å². The van der Waals surface area contributed by atoms with E-state index in [9.17, 15) is 19.5 Å². The lowest BCUT2D eigenvalue weighted by Crippen LogP contribution is -2.51. The van der Waals surface area contributed by atoms with Crippen LogP contribution in [0.25, 0.3) is 0 Å². The second kappa shape index (κ2) is 17.8. The Kier molecular flexibility index (Phi) is 13.9. The van der Waals surface area contributed by atoms with Crippen LogP contribution in [0.15, 0.2) is 54.6 Å². The van der Waals surface area contributed by atoms with Crippen molar-refractivity contribution in [1.29, 1.82) is 0 Å². The Hall–Kier alpha value is -2.57. The summed E-state index contributed by atoms with van der Waals surface area (Å²) in [6, 6.07) is 17.3. The van der Waals surface area contributed by atoms with E-state index in [-0.39, 0.29) is 37.2 Å². The number of morpholine rings is 1. The Morgan fingerprint density at radius 1 is 1.11 bits per heavy atom. The van der Waals surface area contributed by atoms with Gasteiger partial charge in [-0.2, -0.15) is 12.6 Å². The molecule has 1 heterocycles. The van der Waals surface area contributed by atoms with E-state index < -0.39 is 26.3 Å². The molecule has 1 saturated heterocycles. The molecule has 12 heteroatoms. The van der Waals surface area contributed by atoms with E-state index in [1.54, 1.807) is 23.1 Å². The molecule has 0 aromatic heterocycles. The molecular formula is C32H44ClN3O6SSi. The molecule has 1 unspecified atom stereocenters. The smallest absolute Gasteiger partial charge is 0.408 e. The van der Waals surface area contributed by atoms with Crippen LogP contribution < -0.4 is 10.3 Å². The number of hydrogen-bond donors (Lipinski definition) is 4. The first-order chi connectivity index (χ1) is 21.3. The normalized spacial score (nSPS) is 19.4. The molecule has 0 bridgehead atoms. The second-order valence-corrected chi connectivity index (χ2v) is 15.3. The lowest BCUT2D eigenvalue weighted by molar-refractivity contribution is -0.138. The molecule has 1 aliphatic carbocycles. The van der Waals surface area contributed by atoms with Gasteiger partial charge in [-0.15, -0.1) is 0 Å². The molecule has 1 saturated carbocycles. The molecule has 1 aliphatic heterocycles. The molecule has 2 fully saturated rings. The van der Waals surface area contributed by atoms with E-state index in [4.69, 9.17) is 21.1 Å². The molecule has 9 nitrogen and oxygen atoms in total. The number of nitrogens with zero attached hydrogens (tertiary/aromatic N) is 1. The van der Waals surface area contributed by atoms with Crippen molar-refractivity contribution in [3.8, 4) is 0 Å². The minimum absolute atomic E-state index is 0.00984. The average Bonchev–Trinajstić information content (AvgIpc) is 3.05. The van der Waals surface area contributed by atoms with Gasteiger partial charge in [-0.3, -0.25) is 9.59 Å². The van der Waals surface area contributed by atoms with E-state index in [1.807, 2.05) is 36.4 Å². The maximum absolute atomic E-state index is 13.6. The highest BCUT2D eigenvalue weighted by atomic mass is 35.5. The summed E-state index contributed by atoms with van der Waals surface area (Å²) in [6.07, 6.45) is 5.29. The maximum atomic E-state index is 13.6. The van der Waals surface area contributed by atoms with E-state index in [1.165, 1.54) is 6.42 Å². The van der Waals surface area contributed by atoms with Gasteiger partial charge in [-0.25, -0.2) is 4.79 Å². The summed E-state index contributed by atoms with van der Waals surface area (Å²) in [5.41, 5.74) is 1.78. The summed E-state index contributed by atoms with van der Waals surface area (Å²) < 4.78 is 11.3. The van der Waals surface area contributed by atoms with Crippen molar-refractivity contribution in [1.82, 2.24) is 15.2 Å². The van der Waals surface area contributed by atoms with Crippen molar-refractivity contribution in [3.63, 3.8) is 0 Å². The van der Waals surface area contributed by atoms with Gasteiger partial charge in [0.2, 0.25) is 11.8 Å². The molecular weight excluding hydrogens is 618 g/mol. The van der Waals surface area contributed by atoms with Crippen molar-refractivity contribution < 1.29 is 29.0 Å². The quantitative estimate of drug-likeness (QED) is 0.140. The summed E-state index contributed by atoms with van der Waals surface area (Å²) in [4.78, 5) is 44.2. The first-order valence-corrected chi connectivity index (χ1v) is 18.6. The number of alkyl carbamates (subject to hydrolysis) is 1. The molecule has 3 N–H and O–H groups in total. The number of hydrogen-bond acceptors (Lipinski definition) is 7. The van der Waals surface area contributed by atoms with Gasteiger partial charge in [-0.1, -0.05) is 86.2 Å². The summed E-state index contributed by atoms with van der Waals surface area (Å²) in [5, 5.41) is 12.7. The number of carbonyl (C=O) groups is 3. The zero-order valence-corrected chi connectivity index (χ0v) is 27.8. The van der Waals surface area contributed by atoms with E-state index in [0.717, 1.165) is 36.8 Å². The first-order valence-electron chi connectivity index (χ1n) is 15.5. The molecule has 0 radical (unpaired) electrons. The molecule has 240 valence electrons. The van der Waals surface area contributed by atoms with Crippen LogP contribution in [0.4, 0.5) is 4.79 Å². The van der Waals surface area contributed by atoms with Crippen molar-refractivity contribution in [2.24, 2.45) is 11.8 Å². The van der Waals surface area contributed by atoms with Crippen LogP contribution >= 0.6 is 24.2 Å². The van der Waals surface area contributed by atoms with Crippen LogP contribution in [0.3, 0.4) is 0 Å². The second-order valence-electron chi connectivity index (χ2n) is 11.7. The maximum Gasteiger partial charge on any atom is 0.408 e. The fourth-order valence-electron chi connectivity index (χ4n) is 5.92. The van der Waals surface area contributed by atoms with Crippen molar-refractivity contribution >= 4 is 51.1 Å². The highest BCUT2D eigenvalue weighted by Crippen LogP contribution is 2.31. The molecule has 2 aromatic rings. The number of aliphatic hydroxyl groups excluding tert-OH is 1. The van der Waals surface area contributed by atoms with Gasteiger partial charge in [-0.05, 0) is 41.6 Å². The molecule has 2 aromatic carbocycles. The van der Waals surface area contributed by atoms with Gasteiger partial charge in [0.1, 0.15) is 12.7 Å². The van der Waals surface area contributed by atoms with Crippen LogP contribution in [0, 0.1) is 11.8 Å². The van der Waals surface area contributed by atoms with E-state index in [2.05, 4.69) is 22.9 Å². The van der Waals surface area contributed by atoms with E-state index >= 15 is 0 Å². The van der Waals surface area contributed by atoms with Crippen LogP contribution in [0.1, 0.15) is 62.2 Å². The summed E-state index contributed by atoms with van der Waals surface area (Å²) in [5.74, 6) is -0.514. The largest absolute Gasteiger partial charge is 0.445 e. The third-order valence-electron chi connectivity index (χ3n) is 8.42. The van der Waals surface area contributed by atoms with Crippen LogP contribution in [0.2, 0.25) is 11.1 Å². The highest BCUT2D eigenvalue weighted by molar-refractivity contribution is 7.81. The number of carbonyl (C=O) groups excluding carboxylic acids is 3. The standard InChI is InChI=1S/C32H44ClN3O6SSi/c33-26-13-7-10-24(18-26)21-42-32(40)34-31(43)27(19-23-8-3-1-4-9-23)30(39)35-44(22-37)17-14-29(38)36-15-16-41-28(20-36)25-11-5-2-6-12-25/h2,5-7,10-13,18,23,27-28,31,37,43-44H,1,3-4,8-9,14-17,19-22H2,(H,34,40)(H,35,39)/t27-,28?,31+,44-/m0/s1. The number of aliphatic hydroxyl groups is 1. The number of halogens is 1. The van der Waals surface area contributed by atoms with E-state index in [0.29, 0.717) is 43.1 Å². The topological polar surface area (TPSA) is 117 Å². The Morgan fingerprint density at radius 3 is 2.61 bits per heavy atom. The fourth-order valence-corrected chi connectivity index (χ4v) is 8.12. The monoisotopic (exact) mass is 661 g/mol. The van der Waals surface area contributed by atoms with Gasteiger partial charge in [0.05, 0.1) is 30.7 Å². The van der Waals surface area contributed by atoms with Crippen molar-refractivity contribution in [2.75, 3.05) is 25.9 Å². The Balaban J connectivity index is 1.31. The van der Waals surface area contributed by atoms with Gasteiger partial charge in [0.25, 0.3) is 0 Å². The number of nitrogens with one attached hydrogen (secondary N) is 2. The predicted molar refractivity (Wildman–Crippen MR) is 176 cm³/mol. The Labute approximate surface area is 272 Å². The Bertz CT molecular complexity index is 1220. The SMILES string of the molecule is O=C(N[C@H](S)[C@@H](CC1CCCCC1)C(=O)N[Si@H](CO)CCC(=O)N1CCOC(c2ccccc2)C1)OCc1cccc(Cl)c1. The number of ether oxygens (including phenoxy) is 2. The molecule has 4 atom stereocenters. The lowest BCUT2D eigenvalue weighted by atomic mass is 9.82. The first kappa shape index (κ1) is 34.3. The molecule has 4 rings (SSSR count). The summed E-state index contributed by atoms with van der Waals surface area (Å²) in [7, 11) is -2.22. The Morgan fingerprint density at radius 2 is 1.89 bits per heavy atom. The predicted octanol–water partition coefficient (Wildman–Crippen LogP) is 4.77. The van der Waals surface area contributed by atoms with Crippen LogP contribution in [-0.2, 0) is 25.7 Å². The average molecular weight is 662 g/mol. The van der Waals surface area contributed by atoms with Crippen LogP contribution in [0.5, 0.6) is 0 Å². The van der Waals surface area contributed by atoms with Gasteiger partial charge < -0.3 is 29.8 Å². The number of rotatable bonds is 13. The minimum Gasteiger partial charge on any atom is -0.445 e. The highest BCUT2D eigenvalue weighted by Gasteiger charge is 2.33. The third kappa shape index (κ3) is 10.8. The minimum atomic E-state index is -2.22. The third-order valence-corrected chi connectivity index (χ3v) is 11.3. The number of thiol groups is 1. The number of benzene rings is 2. The van der Waals surface area contributed by atoms with Gasteiger partial charge >= 0.3 is 6.09 Å². The molecule has 3 amide bonds. The van der Waals surface area contributed by atoms with Gasteiger partial charge in [0.15, 0.2) is 8.96 Å². The zero-order chi connectivity index (χ0) is 31.3. The van der Waals surface area contributed by atoms with Gasteiger partial charge in [0, 0.05) is 18.0 Å².